The Morgan fingerprint density at radius 1 is 1.22 bits per heavy atom. The highest BCUT2D eigenvalue weighted by atomic mass is 19.4. The van der Waals surface area contributed by atoms with Gasteiger partial charge in [-0.15, -0.1) is 5.10 Å². The predicted molar refractivity (Wildman–Crippen MR) is 88.0 cm³/mol. The van der Waals surface area contributed by atoms with E-state index >= 15 is 0 Å². The molecule has 1 amide bonds. The van der Waals surface area contributed by atoms with Gasteiger partial charge >= 0.3 is 6.18 Å². The van der Waals surface area contributed by atoms with Crippen molar-refractivity contribution in [1.82, 2.24) is 30.5 Å². The van der Waals surface area contributed by atoms with Gasteiger partial charge in [-0.2, -0.15) is 13.2 Å². The maximum Gasteiger partial charge on any atom is 0.435 e. The third kappa shape index (κ3) is 4.42. The number of halogens is 4. The van der Waals surface area contributed by atoms with Crippen LogP contribution in [0.15, 0.2) is 24.3 Å². The molecule has 2 N–H and O–H groups in total. The summed E-state index contributed by atoms with van der Waals surface area (Å²) in [4.78, 5) is 14.3. The first-order valence-electron chi connectivity index (χ1n) is 8.37. The zero-order valence-corrected chi connectivity index (χ0v) is 14.3. The van der Waals surface area contributed by atoms with Gasteiger partial charge in [0.1, 0.15) is 11.5 Å². The minimum Gasteiger partial charge on any atom is -0.349 e. The van der Waals surface area contributed by atoms with Crippen LogP contribution in [0, 0.1) is 5.82 Å². The lowest BCUT2D eigenvalue weighted by molar-refractivity contribution is -0.143. The molecule has 0 bridgehead atoms. The van der Waals surface area contributed by atoms with Crippen molar-refractivity contribution in [1.29, 1.82) is 0 Å². The molecule has 0 unspecified atom stereocenters. The second-order valence-corrected chi connectivity index (χ2v) is 6.00. The first kappa shape index (κ1) is 19.2. The van der Waals surface area contributed by atoms with E-state index in [0.29, 0.717) is 11.2 Å². The van der Waals surface area contributed by atoms with E-state index in [-0.39, 0.29) is 6.54 Å². The summed E-state index contributed by atoms with van der Waals surface area (Å²) in [5.41, 5.74) is -2.73. The molecule has 1 aliphatic heterocycles. The molecular weight excluding hydrogens is 368 g/mol. The molecule has 1 aliphatic rings. The number of alkyl halides is 3. The van der Waals surface area contributed by atoms with Gasteiger partial charge in [0, 0.05) is 39.3 Å². The number of para-hydroxylation sites is 1. The van der Waals surface area contributed by atoms with E-state index in [4.69, 9.17) is 0 Å². The van der Waals surface area contributed by atoms with Crippen LogP contribution in [-0.4, -0.2) is 65.1 Å². The average Bonchev–Trinajstić information content (AvgIpc) is 3.08. The first-order valence-corrected chi connectivity index (χ1v) is 8.37. The molecular formula is C16H18F4N6O. The Labute approximate surface area is 152 Å². The quantitative estimate of drug-likeness (QED) is 0.752. The van der Waals surface area contributed by atoms with Crippen LogP contribution in [0.4, 0.5) is 17.6 Å². The summed E-state index contributed by atoms with van der Waals surface area (Å²) >= 11 is 0. The zero-order chi connectivity index (χ0) is 19.4. The third-order valence-electron chi connectivity index (χ3n) is 4.16. The highest BCUT2D eigenvalue weighted by Gasteiger charge is 2.42. The lowest BCUT2D eigenvalue weighted by Gasteiger charge is -2.27. The minimum atomic E-state index is -4.93. The Morgan fingerprint density at radius 2 is 1.93 bits per heavy atom. The molecule has 2 heterocycles. The molecule has 0 saturated carbocycles. The van der Waals surface area contributed by atoms with Gasteiger partial charge in [0.2, 0.25) is 0 Å². The Bertz CT molecular complexity index is 800. The number of hydrogen-bond acceptors (Lipinski definition) is 5. The maximum absolute atomic E-state index is 13.9. The fourth-order valence-electron chi connectivity index (χ4n) is 2.83. The number of hydrogen-bond donors (Lipinski definition) is 2. The van der Waals surface area contributed by atoms with E-state index in [2.05, 4.69) is 25.8 Å². The van der Waals surface area contributed by atoms with E-state index in [0.717, 1.165) is 38.3 Å². The monoisotopic (exact) mass is 386 g/mol. The van der Waals surface area contributed by atoms with E-state index < -0.39 is 35.0 Å². The average molecular weight is 386 g/mol. The molecule has 0 aliphatic carbocycles. The fraction of sp³-hybridized carbons (Fsp3) is 0.438. The smallest absolute Gasteiger partial charge is 0.349 e. The Kier molecular flexibility index (Phi) is 5.71. The number of nitrogens with one attached hydrogen (secondary N) is 2. The van der Waals surface area contributed by atoms with Crippen molar-refractivity contribution < 1.29 is 22.4 Å². The van der Waals surface area contributed by atoms with E-state index in [1.807, 2.05) is 0 Å². The van der Waals surface area contributed by atoms with Gasteiger partial charge in [0.25, 0.3) is 5.91 Å². The van der Waals surface area contributed by atoms with Gasteiger partial charge in [0.05, 0.1) is 0 Å². The van der Waals surface area contributed by atoms with E-state index in [9.17, 15) is 22.4 Å². The third-order valence-corrected chi connectivity index (χ3v) is 4.16. The molecule has 0 radical (unpaired) electrons. The largest absolute Gasteiger partial charge is 0.435 e. The molecule has 0 spiro atoms. The number of rotatable bonds is 5. The van der Waals surface area contributed by atoms with Crippen LogP contribution < -0.4 is 10.6 Å². The number of carbonyl (C=O) groups is 1. The van der Waals surface area contributed by atoms with Gasteiger partial charge < -0.3 is 10.6 Å². The second-order valence-electron chi connectivity index (χ2n) is 6.00. The van der Waals surface area contributed by atoms with Crippen LogP contribution in [0.1, 0.15) is 16.2 Å². The van der Waals surface area contributed by atoms with Crippen LogP contribution in [-0.2, 0) is 6.18 Å². The van der Waals surface area contributed by atoms with Gasteiger partial charge in [0.15, 0.2) is 11.4 Å². The topological polar surface area (TPSA) is 75.1 Å². The van der Waals surface area contributed by atoms with E-state index in [1.54, 1.807) is 0 Å². The molecule has 2 aromatic rings. The van der Waals surface area contributed by atoms with E-state index in [1.165, 1.54) is 12.1 Å². The summed E-state index contributed by atoms with van der Waals surface area (Å²) < 4.78 is 54.7. The van der Waals surface area contributed by atoms with Crippen molar-refractivity contribution in [2.45, 2.75) is 6.18 Å². The first-order chi connectivity index (χ1) is 12.9. The van der Waals surface area contributed by atoms with Gasteiger partial charge in [-0.05, 0) is 12.1 Å². The Balaban J connectivity index is 1.78. The highest BCUT2D eigenvalue weighted by molar-refractivity contribution is 5.93. The SMILES string of the molecule is O=C(NCCN1CCNCC1)c1nnn(-c2ccccc2F)c1C(F)(F)F. The predicted octanol–water partition coefficient (Wildman–Crippen LogP) is 1.06. The Hall–Kier alpha value is -2.53. The fourth-order valence-corrected chi connectivity index (χ4v) is 2.83. The second kappa shape index (κ2) is 8.01. The van der Waals surface area contributed by atoms with Crippen molar-refractivity contribution in [3.05, 3.63) is 41.5 Å². The number of piperazine rings is 1. The molecule has 0 atom stereocenters. The number of nitrogens with zero attached hydrogens (tertiary/aromatic N) is 4. The van der Waals surface area contributed by atoms with Crippen LogP contribution in [0.2, 0.25) is 0 Å². The van der Waals surface area contributed by atoms with Crippen LogP contribution >= 0.6 is 0 Å². The molecule has 3 rings (SSSR count). The molecule has 7 nitrogen and oxygen atoms in total. The van der Waals surface area contributed by atoms with Crippen LogP contribution in [0.3, 0.4) is 0 Å². The van der Waals surface area contributed by atoms with Gasteiger partial charge in [-0.3, -0.25) is 9.69 Å². The van der Waals surface area contributed by atoms with Crippen molar-refractivity contribution >= 4 is 5.91 Å². The summed E-state index contributed by atoms with van der Waals surface area (Å²) in [5.74, 6) is -1.90. The summed E-state index contributed by atoms with van der Waals surface area (Å²) in [5, 5.41) is 12.3. The highest BCUT2D eigenvalue weighted by Crippen LogP contribution is 2.33. The van der Waals surface area contributed by atoms with Crippen LogP contribution in [0.25, 0.3) is 5.69 Å². The summed E-state index contributed by atoms with van der Waals surface area (Å²) in [6.07, 6.45) is -4.93. The van der Waals surface area contributed by atoms with Crippen LogP contribution in [0.5, 0.6) is 0 Å². The van der Waals surface area contributed by atoms with Gasteiger partial charge in [-0.25, -0.2) is 9.07 Å². The van der Waals surface area contributed by atoms with Crippen molar-refractivity contribution in [2.75, 3.05) is 39.3 Å². The minimum absolute atomic E-state index is 0.169. The van der Waals surface area contributed by atoms with Crippen molar-refractivity contribution in [2.24, 2.45) is 0 Å². The molecule has 1 aromatic heterocycles. The molecule has 11 heteroatoms. The molecule has 146 valence electrons. The zero-order valence-electron chi connectivity index (χ0n) is 14.3. The van der Waals surface area contributed by atoms with Crippen molar-refractivity contribution in [3.8, 4) is 5.69 Å². The maximum atomic E-state index is 13.9. The molecule has 27 heavy (non-hydrogen) atoms. The summed E-state index contributed by atoms with van der Waals surface area (Å²) in [6, 6.07) is 4.84. The standard InChI is InChI=1S/C16H18F4N6O/c17-11-3-1-2-4-12(11)26-14(16(18,19)20)13(23-24-26)15(27)22-7-10-25-8-5-21-6-9-25/h1-4,21H,5-10H2,(H,22,27). The number of carbonyl (C=O) groups excluding carboxylic acids is 1. The normalized spacial score (nSPS) is 15.7. The summed E-state index contributed by atoms with van der Waals surface area (Å²) in [7, 11) is 0. The Morgan fingerprint density at radius 3 is 2.59 bits per heavy atom. The number of aromatic nitrogens is 3. The molecule has 1 saturated heterocycles. The summed E-state index contributed by atoms with van der Waals surface area (Å²) in [6.45, 7) is 3.92. The molecule has 1 fully saturated rings. The van der Waals surface area contributed by atoms with Gasteiger partial charge in [-0.1, -0.05) is 17.3 Å². The number of amides is 1. The van der Waals surface area contributed by atoms with Crippen molar-refractivity contribution in [3.63, 3.8) is 0 Å². The lowest BCUT2D eigenvalue weighted by atomic mass is 10.2. The molecule has 1 aromatic carbocycles. The number of benzene rings is 1. The lowest BCUT2D eigenvalue weighted by Crippen LogP contribution is -2.46.